The normalized spacial score (nSPS) is 13.6. The van der Waals surface area contributed by atoms with Crippen LogP contribution in [0.5, 0.6) is 0 Å². The molecule has 1 saturated carbocycles. The van der Waals surface area contributed by atoms with Gasteiger partial charge in [-0.05, 0) is 25.0 Å². The average molecular weight is 295 g/mol. The number of nitrogens with zero attached hydrogens (tertiary/aromatic N) is 1. The van der Waals surface area contributed by atoms with E-state index in [9.17, 15) is 14.4 Å². The number of carboxylic acids is 1. The molecule has 1 aromatic rings. The minimum atomic E-state index is -1.05. The SMILES string of the molecule is O=C(CSc1ccc(C(=O)O)cn1)NC(=O)NC1CC1. The van der Waals surface area contributed by atoms with Crippen LogP contribution in [-0.2, 0) is 4.79 Å². The highest BCUT2D eigenvalue weighted by molar-refractivity contribution is 7.99. The van der Waals surface area contributed by atoms with E-state index in [1.54, 1.807) is 0 Å². The first-order valence-electron chi connectivity index (χ1n) is 5.97. The molecule has 0 aromatic carbocycles. The topological polar surface area (TPSA) is 108 Å². The fraction of sp³-hybridized carbons (Fsp3) is 0.333. The maximum absolute atomic E-state index is 11.5. The van der Waals surface area contributed by atoms with Gasteiger partial charge in [0.2, 0.25) is 5.91 Å². The van der Waals surface area contributed by atoms with Crippen molar-refractivity contribution >= 4 is 29.7 Å². The van der Waals surface area contributed by atoms with Crippen LogP contribution in [0, 0.1) is 0 Å². The number of nitrogens with one attached hydrogen (secondary N) is 2. The van der Waals surface area contributed by atoms with E-state index in [4.69, 9.17) is 5.11 Å². The molecular weight excluding hydrogens is 282 g/mol. The Morgan fingerprint density at radius 1 is 1.35 bits per heavy atom. The number of carbonyl (C=O) groups is 3. The van der Waals surface area contributed by atoms with Crippen LogP contribution >= 0.6 is 11.8 Å². The third-order valence-corrected chi connectivity index (χ3v) is 3.44. The Morgan fingerprint density at radius 3 is 2.65 bits per heavy atom. The number of carboxylic acid groups (broad SMARTS) is 1. The molecule has 0 unspecified atom stereocenters. The molecule has 1 heterocycles. The maximum Gasteiger partial charge on any atom is 0.337 e. The van der Waals surface area contributed by atoms with Gasteiger partial charge in [-0.1, -0.05) is 11.8 Å². The second kappa shape index (κ2) is 6.38. The molecule has 8 heteroatoms. The number of imide groups is 1. The summed E-state index contributed by atoms with van der Waals surface area (Å²) in [6, 6.07) is 2.65. The highest BCUT2D eigenvalue weighted by atomic mass is 32.2. The van der Waals surface area contributed by atoms with E-state index in [1.807, 2.05) is 0 Å². The fourth-order valence-electron chi connectivity index (χ4n) is 1.34. The van der Waals surface area contributed by atoms with E-state index < -0.39 is 17.9 Å². The lowest BCUT2D eigenvalue weighted by Gasteiger charge is -2.05. The van der Waals surface area contributed by atoms with Gasteiger partial charge in [0.25, 0.3) is 0 Å². The second-order valence-corrected chi connectivity index (χ2v) is 5.27. The molecule has 2 rings (SSSR count). The van der Waals surface area contributed by atoms with Gasteiger partial charge in [-0.3, -0.25) is 10.1 Å². The molecular formula is C12H13N3O4S. The number of aromatic nitrogens is 1. The first-order chi connectivity index (χ1) is 9.54. The fourth-order valence-corrected chi connectivity index (χ4v) is 1.99. The molecule has 106 valence electrons. The number of thioether (sulfide) groups is 1. The lowest BCUT2D eigenvalue weighted by Crippen LogP contribution is -2.41. The van der Waals surface area contributed by atoms with E-state index in [-0.39, 0.29) is 17.4 Å². The van der Waals surface area contributed by atoms with Crippen molar-refractivity contribution in [3.63, 3.8) is 0 Å². The maximum atomic E-state index is 11.5. The predicted octanol–water partition coefficient (Wildman–Crippen LogP) is 0.860. The van der Waals surface area contributed by atoms with Crippen molar-refractivity contribution in [1.82, 2.24) is 15.6 Å². The van der Waals surface area contributed by atoms with E-state index in [0.717, 1.165) is 24.6 Å². The zero-order valence-electron chi connectivity index (χ0n) is 10.5. The van der Waals surface area contributed by atoms with E-state index in [2.05, 4.69) is 15.6 Å². The summed E-state index contributed by atoms with van der Waals surface area (Å²) >= 11 is 1.13. The summed E-state index contributed by atoms with van der Waals surface area (Å²) in [4.78, 5) is 37.3. The molecule has 3 amide bonds. The predicted molar refractivity (Wildman–Crippen MR) is 71.6 cm³/mol. The van der Waals surface area contributed by atoms with Crippen molar-refractivity contribution < 1.29 is 19.5 Å². The molecule has 1 aromatic heterocycles. The Kier molecular flexibility index (Phi) is 4.57. The summed E-state index contributed by atoms with van der Waals surface area (Å²) in [6.07, 6.45) is 3.13. The van der Waals surface area contributed by atoms with E-state index in [0.29, 0.717) is 5.03 Å². The molecule has 20 heavy (non-hydrogen) atoms. The lowest BCUT2D eigenvalue weighted by atomic mass is 10.3. The molecule has 0 spiro atoms. The summed E-state index contributed by atoms with van der Waals surface area (Å²) < 4.78 is 0. The minimum absolute atomic E-state index is 0.0392. The Hall–Kier alpha value is -2.09. The van der Waals surface area contributed by atoms with Gasteiger partial charge in [0.1, 0.15) is 0 Å². The van der Waals surface area contributed by atoms with Gasteiger partial charge in [0.05, 0.1) is 16.3 Å². The number of aromatic carboxylic acids is 1. The average Bonchev–Trinajstić information content (AvgIpc) is 3.20. The molecule has 0 atom stereocenters. The minimum Gasteiger partial charge on any atom is -0.478 e. The quantitative estimate of drug-likeness (QED) is 0.695. The number of hydrogen-bond acceptors (Lipinski definition) is 5. The molecule has 1 aliphatic carbocycles. The largest absolute Gasteiger partial charge is 0.478 e. The zero-order chi connectivity index (χ0) is 14.5. The Balaban J connectivity index is 1.74. The van der Waals surface area contributed by atoms with E-state index >= 15 is 0 Å². The number of hydrogen-bond donors (Lipinski definition) is 3. The monoisotopic (exact) mass is 295 g/mol. The molecule has 0 saturated heterocycles. The van der Waals surface area contributed by atoms with Crippen LogP contribution in [0.25, 0.3) is 0 Å². The summed E-state index contributed by atoms with van der Waals surface area (Å²) in [5.41, 5.74) is 0.0858. The standard InChI is InChI=1S/C12H13N3O4S/c16-9(15-12(19)14-8-2-3-8)6-20-10-4-1-7(5-13-10)11(17)18/h1,4-5,8H,2-3,6H2,(H,17,18)(H2,14,15,16,19). The van der Waals surface area contributed by atoms with Crippen LogP contribution in [0.15, 0.2) is 23.4 Å². The molecule has 0 aliphatic heterocycles. The van der Waals surface area contributed by atoms with Crippen molar-refractivity contribution in [3.8, 4) is 0 Å². The summed E-state index contributed by atoms with van der Waals surface area (Å²) in [5.74, 6) is -1.43. The highest BCUT2D eigenvalue weighted by Gasteiger charge is 2.23. The van der Waals surface area contributed by atoms with Gasteiger partial charge in [-0.15, -0.1) is 0 Å². The summed E-state index contributed by atoms with van der Waals surface area (Å²) in [5, 5.41) is 14.1. The lowest BCUT2D eigenvalue weighted by molar-refractivity contribution is -0.117. The number of urea groups is 1. The first kappa shape index (κ1) is 14.3. The van der Waals surface area contributed by atoms with Crippen molar-refractivity contribution in [2.75, 3.05) is 5.75 Å². The van der Waals surface area contributed by atoms with Crippen LogP contribution in [0.1, 0.15) is 23.2 Å². The number of amides is 3. The van der Waals surface area contributed by atoms with Crippen molar-refractivity contribution in [2.24, 2.45) is 0 Å². The van der Waals surface area contributed by atoms with Crippen LogP contribution < -0.4 is 10.6 Å². The van der Waals surface area contributed by atoms with Crippen LogP contribution in [-0.4, -0.2) is 39.8 Å². The first-order valence-corrected chi connectivity index (χ1v) is 6.95. The van der Waals surface area contributed by atoms with Crippen molar-refractivity contribution in [1.29, 1.82) is 0 Å². The highest BCUT2D eigenvalue weighted by Crippen LogP contribution is 2.18. The van der Waals surface area contributed by atoms with Gasteiger partial charge in [0.15, 0.2) is 0 Å². The van der Waals surface area contributed by atoms with Gasteiger partial charge in [0, 0.05) is 12.2 Å². The van der Waals surface area contributed by atoms with Crippen LogP contribution in [0.4, 0.5) is 4.79 Å². The number of rotatable bonds is 5. The molecule has 1 aliphatic rings. The van der Waals surface area contributed by atoms with Gasteiger partial charge >= 0.3 is 12.0 Å². The number of pyridine rings is 1. The van der Waals surface area contributed by atoms with Gasteiger partial charge in [-0.25, -0.2) is 14.6 Å². The third kappa shape index (κ3) is 4.54. The molecule has 3 N–H and O–H groups in total. The summed E-state index contributed by atoms with van der Waals surface area (Å²) in [6.45, 7) is 0. The van der Waals surface area contributed by atoms with Crippen molar-refractivity contribution in [2.45, 2.75) is 23.9 Å². The molecule has 0 radical (unpaired) electrons. The third-order valence-electron chi connectivity index (χ3n) is 2.50. The molecule has 7 nitrogen and oxygen atoms in total. The zero-order valence-corrected chi connectivity index (χ0v) is 11.3. The van der Waals surface area contributed by atoms with Gasteiger partial charge in [-0.2, -0.15) is 0 Å². The molecule has 0 bridgehead atoms. The molecule has 1 fully saturated rings. The Labute approximate surface area is 119 Å². The van der Waals surface area contributed by atoms with Crippen LogP contribution in [0.2, 0.25) is 0 Å². The van der Waals surface area contributed by atoms with Crippen LogP contribution in [0.3, 0.4) is 0 Å². The summed E-state index contributed by atoms with van der Waals surface area (Å²) in [7, 11) is 0. The second-order valence-electron chi connectivity index (χ2n) is 4.27. The van der Waals surface area contributed by atoms with Crippen molar-refractivity contribution in [3.05, 3.63) is 23.9 Å². The van der Waals surface area contributed by atoms with Gasteiger partial charge < -0.3 is 10.4 Å². The Morgan fingerprint density at radius 2 is 2.10 bits per heavy atom. The Bertz CT molecular complexity index is 528. The number of carbonyl (C=O) groups excluding carboxylic acids is 2. The smallest absolute Gasteiger partial charge is 0.337 e. The van der Waals surface area contributed by atoms with E-state index in [1.165, 1.54) is 18.3 Å².